The number of ether oxygens (including phenoxy) is 3. The molecule has 0 saturated heterocycles. The van der Waals surface area contributed by atoms with E-state index in [9.17, 15) is 23.1 Å². The van der Waals surface area contributed by atoms with Crippen LogP contribution in [0.25, 0.3) is 0 Å². The third-order valence-corrected chi connectivity index (χ3v) is 7.28. The molecule has 11 heteroatoms. The molecular formula is C25H28N2O8S. The van der Waals surface area contributed by atoms with Gasteiger partial charge in [0.25, 0.3) is 5.91 Å². The van der Waals surface area contributed by atoms with Crippen LogP contribution in [0.15, 0.2) is 53.4 Å². The van der Waals surface area contributed by atoms with Crippen molar-refractivity contribution in [1.82, 2.24) is 4.31 Å². The standard InChI is InChI=1S/C25H28N2O8S/c1-3-34-18-24(28)26-17-23(25(29)30)27(16-19-8-4-5-9-22(19)26)36(31,32)21-12-10-20(11-13-21)35-15-7-6-14-33-2/h4-5,8-13,23H,3,14-18H2,1-2H3,(H,29,30). The highest BCUT2D eigenvalue weighted by Crippen LogP contribution is 2.31. The van der Waals surface area contributed by atoms with Gasteiger partial charge in [-0.25, -0.2) is 8.42 Å². The summed E-state index contributed by atoms with van der Waals surface area (Å²) in [7, 11) is -2.72. The van der Waals surface area contributed by atoms with Crippen LogP contribution in [0.2, 0.25) is 0 Å². The Kier molecular flexibility index (Phi) is 9.44. The van der Waals surface area contributed by atoms with Gasteiger partial charge in [0, 0.05) is 25.9 Å². The molecule has 10 nitrogen and oxygen atoms in total. The molecule has 1 N–H and O–H groups in total. The van der Waals surface area contributed by atoms with Crippen molar-refractivity contribution < 1.29 is 37.3 Å². The summed E-state index contributed by atoms with van der Waals surface area (Å²) in [6.07, 6.45) is 0. The van der Waals surface area contributed by atoms with Gasteiger partial charge in [-0.1, -0.05) is 30.0 Å². The topological polar surface area (TPSA) is 123 Å². The lowest BCUT2D eigenvalue weighted by atomic mass is 10.1. The predicted molar refractivity (Wildman–Crippen MR) is 131 cm³/mol. The minimum atomic E-state index is -4.25. The molecule has 0 bridgehead atoms. The van der Waals surface area contributed by atoms with E-state index < -0.39 is 27.9 Å². The van der Waals surface area contributed by atoms with E-state index in [1.807, 2.05) is 0 Å². The maximum absolute atomic E-state index is 13.6. The first-order valence-electron chi connectivity index (χ1n) is 11.2. The summed E-state index contributed by atoms with van der Waals surface area (Å²) < 4.78 is 43.7. The smallest absolute Gasteiger partial charge is 0.323 e. The van der Waals surface area contributed by atoms with E-state index in [0.717, 1.165) is 4.31 Å². The Morgan fingerprint density at radius 2 is 1.78 bits per heavy atom. The molecule has 0 radical (unpaired) electrons. The highest BCUT2D eigenvalue weighted by molar-refractivity contribution is 7.89. The van der Waals surface area contributed by atoms with Crippen molar-refractivity contribution in [3.8, 4) is 17.6 Å². The molecule has 0 fully saturated rings. The Morgan fingerprint density at radius 1 is 1.08 bits per heavy atom. The van der Waals surface area contributed by atoms with Crippen LogP contribution in [0.4, 0.5) is 5.69 Å². The van der Waals surface area contributed by atoms with E-state index in [1.54, 1.807) is 31.2 Å². The summed E-state index contributed by atoms with van der Waals surface area (Å²) in [5.41, 5.74) is 0.953. The third-order valence-electron chi connectivity index (χ3n) is 5.41. The van der Waals surface area contributed by atoms with Crippen LogP contribution in [-0.4, -0.2) is 75.8 Å². The second kappa shape index (κ2) is 12.5. The number of amides is 1. The summed E-state index contributed by atoms with van der Waals surface area (Å²) in [5, 5.41) is 9.98. The molecule has 3 rings (SSSR count). The second-order valence-corrected chi connectivity index (χ2v) is 9.61. The molecule has 0 saturated carbocycles. The monoisotopic (exact) mass is 516 g/mol. The quantitative estimate of drug-likeness (QED) is 0.500. The summed E-state index contributed by atoms with van der Waals surface area (Å²) in [6.45, 7) is 1.60. The predicted octanol–water partition coefficient (Wildman–Crippen LogP) is 1.74. The number of hydrogen-bond donors (Lipinski definition) is 1. The molecule has 0 aromatic heterocycles. The number of carbonyl (C=O) groups excluding carboxylic acids is 1. The molecule has 1 heterocycles. The fourth-order valence-corrected chi connectivity index (χ4v) is 5.19. The van der Waals surface area contributed by atoms with E-state index in [4.69, 9.17) is 14.2 Å². The van der Waals surface area contributed by atoms with Crippen molar-refractivity contribution in [2.24, 2.45) is 0 Å². The zero-order chi connectivity index (χ0) is 26.1. The molecule has 1 unspecified atom stereocenters. The fourth-order valence-electron chi connectivity index (χ4n) is 3.64. The van der Waals surface area contributed by atoms with Crippen LogP contribution >= 0.6 is 0 Å². The van der Waals surface area contributed by atoms with Gasteiger partial charge in [0.05, 0.1) is 11.4 Å². The van der Waals surface area contributed by atoms with Gasteiger partial charge < -0.3 is 24.2 Å². The molecule has 1 atom stereocenters. The van der Waals surface area contributed by atoms with Crippen molar-refractivity contribution in [2.45, 2.75) is 24.4 Å². The number of hydrogen-bond acceptors (Lipinski definition) is 7. The molecule has 0 spiro atoms. The third kappa shape index (κ3) is 6.41. The fraction of sp³-hybridized carbons (Fsp3) is 0.360. The molecule has 1 amide bonds. The van der Waals surface area contributed by atoms with Gasteiger partial charge in [0.15, 0.2) is 0 Å². The largest absolute Gasteiger partial charge is 0.481 e. The van der Waals surface area contributed by atoms with Gasteiger partial charge in [0.2, 0.25) is 10.0 Å². The van der Waals surface area contributed by atoms with E-state index in [1.165, 1.54) is 36.3 Å². The van der Waals surface area contributed by atoms with Crippen molar-refractivity contribution in [2.75, 3.05) is 45.0 Å². The van der Waals surface area contributed by atoms with Crippen LogP contribution in [0.3, 0.4) is 0 Å². The van der Waals surface area contributed by atoms with Crippen LogP contribution in [0, 0.1) is 11.8 Å². The van der Waals surface area contributed by atoms with Gasteiger partial charge in [-0.05, 0) is 42.8 Å². The number of sulfonamides is 1. The van der Waals surface area contributed by atoms with Gasteiger partial charge in [-0.15, -0.1) is 0 Å². The van der Waals surface area contributed by atoms with E-state index in [2.05, 4.69) is 11.8 Å². The van der Waals surface area contributed by atoms with Gasteiger partial charge in [0.1, 0.15) is 31.6 Å². The highest BCUT2D eigenvalue weighted by Gasteiger charge is 2.41. The Morgan fingerprint density at radius 3 is 2.44 bits per heavy atom. The minimum Gasteiger partial charge on any atom is -0.481 e. The number of fused-ring (bicyclic) bond motifs is 1. The Hall–Kier alpha value is -3.43. The van der Waals surface area contributed by atoms with E-state index >= 15 is 0 Å². The van der Waals surface area contributed by atoms with Gasteiger partial charge in [-0.3, -0.25) is 9.59 Å². The maximum Gasteiger partial charge on any atom is 0.323 e. The van der Waals surface area contributed by atoms with Crippen LogP contribution in [0.5, 0.6) is 5.75 Å². The first kappa shape index (κ1) is 27.2. The number of rotatable bonds is 9. The number of carboxylic acid groups (broad SMARTS) is 1. The number of carbonyl (C=O) groups is 2. The van der Waals surface area contributed by atoms with Crippen molar-refractivity contribution in [3.05, 3.63) is 54.1 Å². The summed E-state index contributed by atoms with van der Waals surface area (Å²) in [4.78, 5) is 26.3. The molecule has 1 aliphatic rings. The van der Waals surface area contributed by atoms with Crippen LogP contribution in [-0.2, 0) is 35.6 Å². The molecule has 2 aromatic rings. The lowest BCUT2D eigenvalue weighted by molar-refractivity contribution is -0.141. The first-order chi connectivity index (χ1) is 17.3. The molecular weight excluding hydrogens is 488 g/mol. The number of benzene rings is 2. The number of nitrogens with zero attached hydrogens (tertiary/aromatic N) is 2. The average molecular weight is 517 g/mol. The molecule has 192 valence electrons. The molecule has 1 aliphatic heterocycles. The summed E-state index contributed by atoms with van der Waals surface area (Å²) in [5.74, 6) is 4.09. The Labute approximate surface area is 210 Å². The zero-order valence-electron chi connectivity index (χ0n) is 20.0. The number of carboxylic acids is 1. The van der Waals surface area contributed by atoms with Crippen molar-refractivity contribution >= 4 is 27.6 Å². The Balaban J connectivity index is 1.91. The van der Waals surface area contributed by atoms with Crippen LogP contribution in [0.1, 0.15) is 12.5 Å². The summed E-state index contributed by atoms with van der Waals surface area (Å²) >= 11 is 0. The number of anilines is 1. The maximum atomic E-state index is 13.6. The number of methoxy groups -OCH3 is 1. The molecule has 36 heavy (non-hydrogen) atoms. The number of para-hydroxylation sites is 1. The lowest BCUT2D eigenvalue weighted by Gasteiger charge is -2.28. The zero-order valence-corrected chi connectivity index (χ0v) is 20.9. The Bertz CT molecular complexity index is 1230. The minimum absolute atomic E-state index is 0.0989. The number of aliphatic carboxylic acids is 1. The first-order valence-corrected chi connectivity index (χ1v) is 12.6. The second-order valence-electron chi connectivity index (χ2n) is 7.72. The van der Waals surface area contributed by atoms with Gasteiger partial charge in [-0.2, -0.15) is 4.31 Å². The lowest BCUT2D eigenvalue weighted by Crippen LogP contribution is -2.50. The average Bonchev–Trinajstić information content (AvgIpc) is 3.05. The molecule has 2 aromatic carbocycles. The van der Waals surface area contributed by atoms with E-state index in [-0.39, 0.29) is 37.8 Å². The summed E-state index contributed by atoms with van der Waals surface area (Å²) in [6, 6.07) is 10.9. The molecule has 0 aliphatic carbocycles. The van der Waals surface area contributed by atoms with Crippen molar-refractivity contribution in [3.63, 3.8) is 0 Å². The van der Waals surface area contributed by atoms with Gasteiger partial charge >= 0.3 is 5.97 Å². The van der Waals surface area contributed by atoms with E-state index in [0.29, 0.717) is 23.6 Å². The van der Waals surface area contributed by atoms with Crippen LogP contribution < -0.4 is 9.64 Å². The van der Waals surface area contributed by atoms with Crippen molar-refractivity contribution in [1.29, 1.82) is 0 Å². The highest BCUT2D eigenvalue weighted by atomic mass is 32.2. The SMILES string of the molecule is CCOCC(=O)N1CC(C(=O)O)N(S(=O)(=O)c2ccc(OCC#CCOC)cc2)Cc2ccccc21. The normalized spacial score (nSPS) is 15.8.